The van der Waals surface area contributed by atoms with E-state index in [1.807, 2.05) is 60.7 Å². The van der Waals surface area contributed by atoms with E-state index in [2.05, 4.69) is 15.5 Å². The Bertz CT molecular complexity index is 881. The number of rotatable bonds is 7. The first-order valence-electron chi connectivity index (χ1n) is 8.36. The number of carbonyl (C=O) groups excluding carboxylic acids is 1. The Balaban J connectivity index is 1.43. The highest BCUT2D eigenvalue weighted by molar-refractivity contribution is 5.78. The summed E-state index contributed by atoms with van der Waals surface area (Å²) < 4.78 is 9.31. The molecular formula is C18H23N5O2. The van der Waals surface area contributed by atoms with E-state index < -0.39 is 0 Å². The molecule has 7 nitrogen and oxygen atoms in total. The van der Waals surface area contributed by atoms with Gasteiger partial charge < -0.3 is 10.1 Å². The number of nitrogens with one attached hydrogen (secondary N) is 1. The van der Waals surface area contributed by atoms with Crippen molar-refractivity contribution in [2.24, 2.45) is 7.05 Å². The molecular weight excluding hydrogens is 318 g/mol. The molecule has 1 N–H and O–H groups in total. The van der Waals surface area contributed by atoms with Gasteiger partial charge >= 0.3 is 0 Å². The summed E-state index contributed by atoms with van der Waals surface area (Å²) in [4.78, 5) is 11.9. The molecule has 2 aromatic heterocycles. The number of fused-ring (bicyclic) bond motifs is 1. The molecule has 0 aliphatic rings. The number of nitrogens with zero attached hydrogens (tertiary/aromatic N) is 4. The van der Waals surface area contributed by atoms with E-state index in [0.717, 1.165) is 41.0 Å². The van der Waals surface area contributed by atoms with Gasteiger partial charge in [0.15, 0.2) is 6.61 Å². The normalized spacial score (nSPS) is 11.0. The van der Waals surface area contributed by atoms with Crippen LogP contribution in [0.4, 0.5) is 0 Å². The van der Waals surface area contributed by atoms with Crippen molar-refractivity contribution in [3.8, 4) is 5.75 Å². The third kappa shape index (κ3) is 3.81. The van der Waals surface area contributed by atoms with Gasteiger partial charge in [-0.15, -0.1) is 0 Å². The molecule has 0 atom stereocenters. The molecule has 0 unspecified atom stereocenters. The summed E-state index contributed by atoms with van der Waals surface area (Å²) in [5, 5.41) is 11.7. The van der Waals surface area contributed by atoms with Gasteiger partial charge in [0, 0.05) is 20.1 Å². The molecule has 3 aromatic rings. The van der Waals surface area contributed by atoms with E-state index in [1.54, 1.807) is 0 Å². The molecule has 0 aliphatic heterocycles. The molecule has 7 heteroatoms. The SMILES string of the molecule is Cc1ccccc1OCC(=O)NCCCn1ncc2c1c(C)nn2C. The van der Waals surface area contributed by atoms with Crippen LogP contribution >= 0.6 is 0 Å². The van der Waals surface area contributed by atoms with Crippen molar-refractivity contribution >= 4 is 16.9 Å². The lowest BCUT2D eigenvalue weighted by atomic mass is 10.2. The van der Waals surface area contributed by atoms with Crippen LogP contribution in [0, 0.1) is 13.8 Å². The molecule has 1 amide bonds. The number of carbonyl (C=O) groups is 1. The Morgan fingerprint density at radius 1 is 1.28 bits per heavy atom. The minimum atomic E-state index is -0.119. The van der Waals surface area contributed by atoms with Crippen molar-refractivity contribution < 1.29 is 9.53 Å². The van der Waals surface area contributed by atoms with Gasteiger partial charge in [0.25, 0.3) is 5.91 Å². The van der Waals surface area contributed by atoms with Crippen LogP contribution in [0.15, 0.2) is 30.5 Å². The Hall–Kier alpha value is -2.83. The van der Waals surface area contributed by atoms with Gasteiger partial charge in [0.2, 0.25) is 0 Å². The lowest BCUT2D eigenvalue weighted by Gasteiger charge is -2.09. The molecule has 1 aromatic carbocycles. The largest absolute Gasteiger partial charge is 0.484 e. The summed E-state index contributed by atoms with van der Waals surface area (Å²) in [6, 6.07) is 7.66. The van der Waals surface area contributed by atoms with Crippen LogP contribution in [0.3, 0.4) is 0 Å². The zero-order valence-electron chi connectivity index (χ0n) is 14.8. The number of ether oxygens (including phenoxy) is 1. The van der Waals surface area contributed by atoms with E-state index in [9.17, 15) is 4.79 Å². The number of hydrogen-bond donors (Lipinski definition) is 1. The van der Waals surface area contributed by atoms with Crippen LogP contribution in [-0.2, 0) is 18.4 Å². The van der Waals surface area contributed by atoms with Crippen molar-refractivity contribution in [3.05, 3.63) is 41.7 Å². The average Bonchev–Trinajstić information content (AvgIpc) is 3.13. The van der Waals surface area contributed by atoms with Crippen LogP contribution in [0.1, 0.15) is 17.7 Å². The van der Waals surface area contributed by atoms with E-state index in [0.29, 0.717) is 6.54 Å². The zero-order valence-corrected chi connectivity index (χ0v) is 14.8. The molecule has 0 fully saturated rings. The van der Waals surface area contributed by atoms with E-state index >= 15 is 0 Å². The smallest absolute Gasteiger partial charge is 0.257 e. The van der Waals surface area contributed by atoms with Crippen molar-refractivity contribution in [2.45, 2.75) is 26.8 Å². The van der Waals surface area contributed by atoms with Gasteiger partial charge in [-0.2, -0.15) is 10.2 Å². The van der Waals surface area contributed by atoms with E-state index in [4.69, 9.17) is 4.74 Å². The minimum Gasteiger partial charge on any atom is -0.484 e. The molecule has 0 bridgehead atoms. The zero-order chi connectivity index (χ0) is 17.8. The highest BCUT2D eigenvalue weighted by Gasteiger charge is 2.11. The third-order valence-electron chi connectivity index (χ3n) is 4.13. The first kappa shape index (κ1) is 17.0. The maximum Gasteiger partial charge on any atom is 0.257 e. The van der Waals surface area contributed by atoms with Crippen LogP contribution in [0.2, 0.25) is 0 Å². The molecule has 0 saturated heterocycles. The van der Waals surface area contributed by atoms with Crippen molar-refractivity contribution in [2.75, 3.05) is 13.2 Å². The van der Waals surface area contributed by atoms with Crippen molar-refractivity contribution in [1.82, 2.24) is 24.9 Å². The maximum absolute atomic E-state index is 11.9. The fourth-order valence-corrected chi connectivity index (χ4v) is 2.85. The molecule has 2 heterocycles. The van der Waals surface area contributed by atoms with Crippen LogP contribution in [-0.4, -0.2) is 38.6 Å². The van der Waals surface area contributed by atoms with Crippen LogP contribution < -0.4 is 10.1 Å². The van der Waals surface area contributed by atoms with Crippen molar-refractivity contribution in [3.63, 3.8) is 0 Å². The average molecular weight is 341 g/mol. The van der Waals surface area contributed by atoms with E-state index in [1.165, 1.54) is 0 Å². The second kappa shape index (κ2) is 7.38. The monoisotopic (exact) mass is 341 g/mol. The van der Waals surface area contributed by atoms with Crippen LogP contribution in [0.5, 0.6) is 5.75 Å². The first-order valence-corrected chi connectivity index (χ1v) is 8.36. The van der Waals surface area contributed by atoms with E-state index in [-0.39, 0.29) is 12.5 Å². The predicted molar refractivity (Wildman–Crippen MR) is 95.5 cm³/mol. The Morgan fingerprint density at radius 3 is 2.88 bits per heavy atom. The first-order chi connectivity index (χ1) is 12.1. The Kier molecular flexibility index (Phi) is 5.02. The molecule has 0 radical (unpaired) electrons. The molecule has 132 valence electrons. The predicted octanol–water partition coefficient (Wildman–Crippen LogP) is 1.97. The van der Waals surface area contributed by atoms with Crippen molar-refractivity contribution in [1.29, 1.82) is 0 Å². The molecule has 25 heavy (non-hydrogen) atoms. The fourth-order valence-electron chi connectivity index (χ4n) is 2.85. The number of amides is 1. The molecule has 0 spiro atoms. The summed E-state index contributed by atoms with van der Waals surface area (Å²) in [6.07, 6.45) is 2.62. The lowest BCUT2D eigenvalue weighted by Crippen LogP contribution is -2.30. The molecule has 3 rings (SSSR count). The number of para-hydroxylation sites is 1. The number of hydrogen-bond acceptors (Lipinski definition) is 4. The third-order valence-corrected chi connectivity index (χ3v) is 4.13. The highest BCUT2D eigenvalue weighted by atomic mass is 16.5. The number of aromatic nitrogens is 4. The van der Waals surface area contributed by atoms with Gasteiger partial charge in [-0.05, 0) is 31.9 Å². The standard InChI is InChI=1S/C18H23N5O2/c1-13-7-4-5-8-16(13)25-12-17(24)19-9-6-10-23-18-14(2)21-22(3)15(18)11-20-23/h4-5,7-8,11H,6,9-10,12H2,1-3H3,(H,19,24). The summed E-state index contributed by atoms with van der Waals surface area (Å²) in [7, 11) is 1.91. The number of benzene rings is 1. The van der Waals surface area contributed by atoms with Gasteiger partial charge in [-0.3, -0.25) is 14.2 Å². The summed E-state index contributed by atoms with van der Waals surface area (Å²) >= 11 is 0. The topological polar surface area (TPSA) is 74.0 Å². The van der Waals surface area contributed by atoms with Gasteiger partial charge in [0.1, 0.15) is 16.8 Å². The molecule has 0 aliphatic carbocycles. The van der Waals surface area contributed by atoms with Gasteiger partial charge in [-0.1, -0.05) is 18.2 Å². The quantitative estimate of drug-likeness (QED) is 0.667. The molecule has 0 saturated carbocycles. The summed E-state index contributed by atoms with van der Waals surface area (Å²) in [6.45, 7) is 5.27. The summed E-state index contributed by atoms with van der Waals surface area (Å²) in [5.74, 6) is 0.620. The second-order valence-electron chi connectivity index (χ2n) is 6.07. The number of aryl methyl sites for hydroxylation is 4. The summed E-state index contributed by atoms with van der Waals surface area (Å²) in [5.41, 5.74) is 4.06. The Morgan fingerprint density at radius 2 is 2.08 bits per heavy atom. The fraction of sp³-hybridized carbons (Fsp3) is 0.389. The maximum atomic E-state index is 11.9. The minimum absolute atomic E-state index is 0.0264. The van der Waals surface area contributed by atoms with Gasteiger partial charge in [0.05, 0.1) is 11.9 Å². The van der Waals surface area contributed by atoms with Gasteiger partial charge in [-0.25, -0.2) is 0 Å². The van der Waals surface area contributed by atoms with Crippen LogP contribution in [0.25, 0.3) is 11.0 Å². The Labute approximate surface area is 146 Å². The highest BCUT2D eigenvalue weighted by Crippen LogP contribution is 2.17. The lowest BCUT2D eigenvalue weighted by molar-refractivity contribution is -0.123. The second-order valence-corrected chi connectivity index (χ2v) is 6.07.